The van der Waals surface area contributed by atoms with E-state index >= 15 is 0 Å². The van der Waals surface area contributed by atoms with Crippen molar-refractivity contribution in [3.63, 3.8) is 0 Å². The first-order chi connectivity index (χ1) is 11.1. The molecule has 0 aliphatic carbocycles. The summed E-state index contributed by atoms with van der Waals surface area (Å²) in [6, 6.07) is 4.50. The number of aromatic nitrogens is 2. The lowest BCUT2D eigenvalue weighted by atomic mass is 10.0. The van der Waals surface area contributed by atoms with Crippen molar-refractivity contribution in [2.75, 3.05) is 13.1 Å². The van der Waals surface area contributed by atoms with Gasteiger partial charge in [-0.3, -0.25) is 4.79 Å². The molecule has 1 atom stereocenters. The molecule has 1 fully saturated rings. The zero-order valence-electron chi connectivity index (χ0n) is 13.0. The molecule has 1 aromatic carbocycles. The quantitative estimate of drug-likeness (QED) is 0.857. The van der Waals surface area contributed by atoms with E-state index in [0.717, 1.165) is 25.1 Å². The minimum Gasteiger partial charge on any atom is -0.336 e. The van der Waals surface area contributed by atoms with Crippen molar-refractivity contribution in [1.82, 2.24) is 14.5 Å². The van der Waals surface area contributed by atoms with Crippen LogP contribution in [-0.2, 0) is 6.42 Å². The lowest BCUT2D eigenvalue weighted by molar-refractivity contribution is 0.0673. The number of halogens is 2. The Morgan fingerprint density at radius 2 is 2.30 bits per heavy atom. The SMILES string of the molecule is CCc1nccn1C1CCCN(C(=O)c2c(F)cccc2Cl)C1. The van der Waals surface area contributed by atoms with Crippen molar-refractivity contribution >= 4 is 17.5 Å². The highest BCUT2D eigenvalue weighted by atomic mass is 35.5. The fraction of sp³-hybridized carbons (Fsp3) is 0.412. The summed E-state index contributed by atoms with van der Waals surface area (Å²) in [6.07, 6.45) is 6.44. The van der Waals surface area contributed by atoms with Gasteiger partial charge in [-0.1, -0.05) is 24.6 Å². The maximum Gasteiger partial charge on any atom is 0.258 e. The monoisotopic (exact) mass is 335 g/mol. The first-order valence-electron chi connectivity index (χ1n) is 7.86. The third kappa shape index (κ3) is 3.11. The zero-order valence-corrected chi connectivity index (χ0v) is 13.8. The van der Waals surface area contributed by atoms with E-state index in [-0.39, 0.29) is 22.5 Å². The van der Waals surface area contributed by atoms with Crippen LogP contribution in [0, 0.1) is 5.82 Å². The van der Waals surface area contributed by atoms with E-state index in [1.807, 2.05) is 6.20 Å². The van der Waals surface area contributed by atoms with Crippen LogP contribution in [0.25, 0.3) is 0 Å². The summed E-state index contributed by atoms with van der Waals surface area (Å²) in [5, 5.41) is 0.161. The van der Waals surface area contributed by atoms with Crippen LogP contribution in [0.3, 0.4) is 0 Å². The van der Waals surface area contributed by atoms with Crippen LogP contribution in [0.4, 0.5) is 4.39 Å². The highest BCUT2D eigenvalue weighted by molar-refractivity contribution is 6.33. The number of imidazole rings is 1. The molecule has 0 spiro atoms. The van der Waals surface area contributed by atoms with Crippen LogP contribution in [0.15, 0.2) is 30.6 Å². The van der Waals surface area contributed by atoms with Crippen LogP contribution >= 0.6 is 11.6 Å². The average Bonchev–Trinajstić information content (AvgIpc) is 3.03. The predicted octanol–water partition coefficient (Wildman–Crippen LogP) is 3.72. The lowest BCUT2D eigenvalue weighted by Gasteiger charge is -2.34. The zero-order chi connectivity index (χ0) is 16.4. The molecule has 1 aliphatic heterocycles. The van der Waals surface area contributed by atoms with Crippen LogP contribution in [0.2, 0.25) is 5.02 Å². The molecule has 1 unspecified atom stereocenters. The number of rotatable bonds is 3. The molecule has 0 bridgehead atoms. The average molecular weight is 336 g/mol. The normalized spacial score (nSPS) is 18.2. The highest BCUT2D eigenvalue weighted by Crippen LogP contribution is 2.27. The second-order valence-electron chi connectivity index (χ2n) is 5.75. The van der Waals surface area contributed by atoms with Crippen LogP contribution in [0.1, 0.15) is 42.0 Å². The van der Waals surface area contributed by atoms with E-state index in [9.17, 15) is 9.18 Å². The predicted molar refractivity (Wildman–Crippen MR) is 87.2 cm³/mol. The number of carbonyl (C=O) groups excluding carboxylic acids is 1. The summed E-state index contributed by atoms with van der Waals surface area (Å²) in [7, 11) is 0. The van der Waals surface area contributed by atoms with E-state index in [0.29, 0.717) is 13.1 Å². The van der Waals surface area contributed by atoms with E-state index < -0.39 is 5.82 Å². The van der Waals surface area contributed by atoms with Crippen molar-refractivity contribution < 1.29 is 9.18 Å². The summed E-state index contributed by atoms with van der Waals surface area (Å²) in [5.74, 6) is 0.102. The van der Waals surface area contributed by atoms with Gasteiger partial charge >= 0.3 is 0 Å². The van der Waals surface area contributed by atoms with E-state index in [1.165, 1.54) is 12.1 Å². The van der Waals surface area contributed by atoms with E-state index in [1.54, 1.807) is 17.2 Å². The second kappa shape index (κ2) is 6.71. The number of hydrogen-bond acceptors (Lipinski definition) is 2. The summed E-state index contributed by atoms with van der Waals surface area (Å²) in [5.41, 5.74) is -0.0313. The Hall–Kier alpha value is -1.88. The number of carbonyl (C=O) groups is 1. The molecule has 4 nitrogen and oxygen atoms in total. The molecule has 0 saturated carbocycles. The van der Waals surface area contributed by atoms with E-state index in [2.05, 4.69) is 16.5 Å². The Bertz CT molecular complexity index is 695. The summed E-state index contributed by atoms with van der Waals surface area (Å²) in [4.78, 5) is 18.7. The molecule has 3 rings (SSSR count). The molecule has 0 N–H and O–H groups in total. The van der Waals surface area contributed by atoms with Gasteiger partial charge in [0, 0.05) is 31.9 Å². The van der Waals surface area contributed by atoms with Gasteiger partial charge in [0.15, 0.2) is 0 Å². The maximum absolute atomic E-state index is 14.0. The van der Waals surface area contributed by atoms with Crippen molar-refractivity contribution in [3.05, 3.63) is 52.8 Å². The van der Waals surface area contributed by atoms with Gasteiger partial charge in [-0.15, -0.1) is 0 Å². The van der Waals surface area contributed by atoms with Gasteiger partial charge in [-0.05, 0) is 25.0 Å². The number of piperidine rings is 1. The highest BCUT2D eigenvalue weighted by Gasteiger charge is 2.28. The molecule has 1 aromatic heterocycles. The van der Waals surface area contributed by atoms with Crippen LogP contribution in [-0.4, -0.2) is 33.4 Å². The molecular weight excluding hydrogens is 317 g/mol. The lowest BCUT2D eigenvalue weighted by Crippen LogP contribution is -2.41. The Morgan fingerprint density at radius 3 is 3.04 bits per heavy atom. The number of aryl methyl sites for hydroxylation is 1. The van der Waals surface area contributed by atoms with Gasteiger partial charge in [0.05, 0.1) is 16.6 Å². The van der Waals surface area contributed by atoms with Crippen molar-refractivity contribution in [2.45, 2.75) is 32.2 Å². The number of hydrogen-bond donors (Lipinski definition) is 0. The third-order valence-electron chi connectivity index (χ3n) is 4.32. The number of amides is 1. The molecule has 23 heavy (non-hydrogen) atoms. The summed E-state index contributed by atoms with van der Waals surface area (Å²) < 4.78 is 16.1. The smallest absolute Gasteiger partial charge is 0.258 e. The maximum atomic E-state index is 14.0. The summed E-state index contributed by atoms with van der Waals surface area (Å²) in [6.45, 7) is 3.23. The van der Waals surface area contributed by atoms with Gasteiger partial charge in [0.25, 0.3) is 5.91 Å². The second-order valence-corrected chi connectivity index (χ2v) is 6.16. The minimum absolute atomic E-state index is 0.0313. The Balaban J connectivity index is 1.82. The van der Waals surface area contributed by atoms with Crippen LogP contribution in [0.5, 0.6) is 0 Å². The first-order valence-corrected chi connectivity index (χ1v) is 8.24. The number of likely N-dealkylation sites (tertiary alicyclic amines) is 1. The van der Waals surface area contributed by atoms with Crippen LogP contribution < -0.4 is 0 Å². The topological polar surface area (TPSA) is 38.1 Å². The molecule has 0 radical (unpaired) electrons. The molecule has 2 heterocycles. The van der Waals surface area contributed by atoms with Gasteiger partial charge in [0.1, 0.15) is 11.6 Å². The van der Waals surface area contributed by atoms with Gasteiger partial charge in [0.2, 0.25) is 0 Å². The van der Waals surface area contributed by atoms with Gasteiger partial charge in [-0.25, -0.2) is 9.37 Å². The Morgan fingerprint density at radius 1 is 1.48 bits per heavy atom. The molecule has 1 amide bonds. The summed E-state index contributed by atoms with van der Waals surface area (Å²) >= 11 is 6.02. The van der Waals surface area contributed by atoms with Gasteiger partial charge < -0.3 is 9.47 Å². The molecular formula is C17H19ClFN3O. The first kappa shape index (κ1) is 16.0. The largest absolute Gasteiger partial charge is 0.336 e. The minimum atomic E-state index is -0.568. The molecule has 1 saturated heterocycles. The fourth-order valence-electron chi connectivity index (χ4n) is 3.18. The van der Waals surface area contributed by atoms with Crippen molar-refractivity contribution in [1.29, 1.82) is 0 Å². The third-order valence-corrected chi connectivity index (χ3v) is 4.63. The Labute approximate surface area is 139 Å². The molecule has 122 valence electrons. The molecule has 2 aromatic rings. The number of benzene rings is 1. The fourth-order valence-corrected chi connectivity index (χ4v) is 3.42. The van der Waals surface area contributed by atoms with Crippen molar-refractivity contribution in [2.24, 2.45) is 0 Å². The Kier molecular flexibility index (Phi) is 4.66. The molecule has 6 heteroatoms. The van der Waals surface area contributed by atoms with E-state index in [4.69, 9.17) is 11.6 Å². The molecule has 1 aliphatic rings. The standard InChI is InChI=1S/C17H19ClFN3O/c1-2-15-20-8-10-22(15)12-5-4-9-21(11-12)17(23)16-13(18)6-3-7-14(16)19/h3,6-8,10,12H,2,4-5,9,11H2,1H3. The van der Waals surface area contributed by atoms with Crippen molar-refractivity contribution in [3.8, 4) is 0 Å². The van der Waals surface area contributed by atoms with Gasteiger partial charge in [-0.2, -0.15) is 0 Å². The number of nitrogens with zero attached hydrogens (tertiary/aromatic N) is 3.